The largest absolute Gasteiger partial charge is 0.332 e. The Hall–Kier alpha value is -0.900. The molecule has 12 heavy (non-hydrogen) atoms. The van der Waals surface area contributed by atoms with Crippen LogP contribution >= 0.6 is 0 Å². The van der Waals surface area contributed by atoms with Crippen LogP contribution in [0.1, 0.15) is 13.3 Å². The number of rotatable bonds is 2. The minimum atomic E-state index is -0.249. The van der Waals surface area contributed by atoms with Crippen molar-refractivity contribution < 1.29 is 9.59 Å². The molecule has 2 atom stereocenters. The lowest BCUT2D eigenvalue weighted by Crippen LogP contribution is -2.41. The van der Waals surface area contributed by atoms with E-state index < -0.39 is 0 Å². The molecule has 0 spiro atoms. The molecule has 68 valence electrons. The van der Waals surface area contributed by atoms with Gasteiger partial charge in [-0.3, -0.25) is 4.79 Å². The number of hydrogen-bond donors (Lipinski definition) is 1. The van der Waals surface area contributed by atoms with Gasteiger partial charge in [0.05, 0.1) is 12.6 Å². The third kappa shape index (κ3) is 1.48. The molecular formula is C8H14N2O2. The fourth-order valence-corrected chi connectivity index (χ4v) is 1.59. The summed E-state index contributed by atoms with van der Waals surface area (Å²) in [5.41, 5.74) is 5.21. The molecule has 1 aliphatic rings. The third-order valence-corrected chi connectivity index (χ3v) is 2.40. The van der Waals surface area contributed by atoms with Gasteiger partial charge in [0, 0.05) is 6.54 Å². The number of hydrogen-bond acceptors (Lipinski definition) is 3. The maximum absolute atomic E-state index is 11.2. The monoisotopic (exact) mass is 170 g/mol. The molecule has 0 radical (unpaired) electrons. The van der Waals surface area contributed by atoms with Crippen molar-refractivity contribution in [1.29, 1.82) is 0 Å². The van der Waals surface area contributed by atoms with Crippen molar-refractivity contribution in [3.63, 3.8) is 0 Å². The van der Waals surface area contributed by atoms with Crippen LogP contribution in [-0.4, -0.2) is 36.2 Å². The first kappa shape index (κ1) is 9.19. The van der Waals surface area contributed by atoms with Crippen molar-refractivity contribution in [1.82, 2.24) is 4.90 Å². The van der Waals surface area contributed by atoms with Crippen molar-refractivity contribution in [3.05, 3.63) is 0 Å². The van der Waals surface area contributed by atoms with Crippen LogP contribution in [0.15, 0.2) is 0 Å². The number of likely N-dealkylation sites (tertiary alicyclic amines) is 1. The number of aldehydes is 1. The van der Waals surface area contributed by atoms with E-state index in [-0.39, 0.29) is 24.4 Å². The molecule has 1 heterocycles. The summed E-state index contributed by atoms with van der Waals surface area (Å²) in [6.07, 6.45) is 1.74. The second-order valence-corrected chi connectivity index (χ2v) is 3.18. The number of carbonyl (C=O) groups is 2. The number of amides is 1. The minimum Gasteiger partial charge on any atom is -0.332 e. The molecule has 0 aromatic carbocycles. The highest BCUT2D eigenvalue weighted by molar-refractivity contribution is 5.82. The Labute approximate surface area is 71.7 Å². The standard InChI is InChI=1S/C8H14N2O2/c1-6-2-3-10(7(6)5-11)8(12)4-9/h5-7H,2-4,9H2,1H3/t6-,7-/m1/s1. The third-order valence-electron chi connectivity index (χ3n) is 2.40. The van der Waals surface area contributed by atoms with Gasteiger partial charge in [0.25, 0.3) is 0 Å². The van der Waals surface area contributed by atoms with E-state index in [1.165, 1.54) is 0 Å². The molecule has 0 aromatic heterocycles. The van der Waals surface area contributed by atoms with E-state index in [0.717, 1.165) is 12.7 Å². The lowest BCUT2D eigenvalue weighted by Gasteiger charge is -2.21. The lowest BCUT2D eigenvalue weighted by atomic mass is 10.0. The van der Waals surface area contributed by atoms with Crippen LogP contribution in [0.2, 0.25) is 0 Å². The van der Waals surface area contributed by atoms with E-state index in [2.05, 4.69) is 0 Å². The molecule has 1 rings (SSSR count). The predicted molar refractivity (Wildman–Crippen MR) is 44.4 cm³/mol. The second-order valence-electron chi connectivity index (χ2n) is 3.18. The fraction of sp³-hybridized carbons (Fsp3) is 0.750. The van der Waals surface area contributed by atoms with Crippen LogP contribution in [0, 0.1) is 5.92 Å². The van der Waals surface area contributed by atoms with Crippen LogP contribution in [0.3, 0.4) is 0 Å². The first-order valence-corrected chi connectivity index (χ1v) is 4.15. The van der Waals surface area contributed by atoms with Crippen LogP contribution in [0.25, 0.3) is 0 Å². The quantitative estimate of drug-likeness (QED) is 0.562. The fourth-order valence-electron chi connectivity index (χ4n) is 1.59. The van der Waals surface area contributed by atoms with Crippen molar-refractivity contribution in [2.75, 3.05) is 13.1 Å². The highest BCUT2D eigenvalue weighted by Gasteiger charge is 2.33. The molecule has 1 amide bonds. The van der Waals surface area contributed by atoms with Gasteiger partial charge in [0.15, 0.2) is 0 Å². The second kappa shape index (κ2) is 3.67. The Morgan fingerprint density at radius 3 is 2.92 bits per heavy atom. The summed E-state index contributed by atoms with van der Waals surface area (Å²) in [7, 11) is 0. The van der Waals surface area contributed by atoms with Crippen LogP contribution in [-0.2, 0) is 9.59 Å². The lowest BCUT2D eigenvalue weighted by molar-refractivity contribution is -0.133. The van der Waals surface area contributed by atoms with Gasteiger partial charge >= 0.3 is 0 Å². The highest BCUT2D eigenvalue weighted by atomic mass is 16.2. The Kier molecular flexibility index (Phi) is 2.81. The molecule has 1 fully saturated rings. The van der Waals surface area contributed by atoms with Gasteiger partial charge in [0.2, 0.25) is 5.91 Å². The number of nitrogens with zero attached hydrogens (tertiary/aromatic N) is 1. The van der Waals surface area contributed by atoms with Gasteiger partial charge in [-0.15, -0.1) is 0 Å². The zero-order valence-electron chi connectivity index (χ0n) is 7.19. The smallest absolute Gasteiger partial charge is 0.236 e. The van der Waals surface area contributed by atoms with Crippen molar-refractivity contribution in [2.45, 2.75) is 19.4 Å². The van der Waals surface area contributed by atoms with E-state index in [1.807, 2.05) is 6.92 Å². The van der Waals surface area contributed by atoms with Crippen LogP contribution in [0.4, 0.5) is 0 Å². The van der Waals surface area contributed by atoms with Crippen LogP contribution < -0.4 is 5.73 Å². The molecular weight excluding hydrogens is 156 g/mol. The Morgan fingerprint density at radius 1 is 1.75 bits per heavy atom. The highest BCUT2D eigenvalue weighted by Crippen LogP contribution is 2.21. The van der Waals surface area contributed by atoms with Gasteiger partial charge in [-0.05, 0) is 12.3 Å². The first-order valence-electron chi connectivity index (χ1n) is 4.15. The van der Waals surface area contributed by atoms with E-state index in [1.54, 1.807) is 4.90 Å². The Morgan fingerprint density at radius 2 is 2.42 bits per heavy atom. The Balaban J connectivity index is 2.66. The predicted octanol–water partition coefficient (Wildman–Crippen LogP) is -0.619. The molecule has 0 saturated carbocycles. The zero-order chi connectivity index (χ0) is 9.14. The molecule has 0 aromatic rings. The molecule has 0 unspecified atom stereocenters. The van der Waals surface area contributed by atoms with E-state index in [0.29, 0.717) is 6.54 Å². The van der Waals surface area contributed by atoms with E-state index in [9.17, 15) is 9.59 Å². The van der Waals surface area contributed by atoms with Gasteiger partial charge in [-0.1, -0.05) is 6.92 Å². The SMILES string of the molecule is C[C@@H]1CCN(C(=O)CN)[C@@H]1C=O. The molecule has 4 nitrogen and oxygen atoms in total. The summed E-state index contributed by atoms with van der Waals surface area (Å²) in [4.78, 5) is 23.4. The maximum atomic E-state index is 11.2. The number of nitrogens with two attached hydrogens (primary N) is 1. The summed E-state index contributed by atoms with van der Waals surface area (Å²) in [6, 6.07) is -0.249. The average Bonchev–Trinajstić information content (AvgIpc) is 2.45. The summed E-state index contributed by atoms with van der Waals surface area (Å²) in [5.74, 6) is 0.148. The van der Waals surface area contributed by atoms with Gasteiger partial charge in [-0.25, -0.2) is 0 Å². The normalized spacial score (nSPS) is 29.0. The Bertz CT molecular complexity index is 193. The van der Waals surface area contributed by atoms with Crippen molar-refractivity contribution in [3.8, 4) is 0 Å². The van der Waals surface area contributed by atoms with Crippen LogP contribution in [0.5, 0.6) is 0 Å². The summed E-state index contributed by atoms with van der Waals surface area (Å²) in [5, 5.41) is 0. The van der Waals surface area contributed by atoms with Gasteiger partial charge in [-0.2, -0.15) is 0 Å². The van der Waals surface area contributed by atoms with Crippen molar-refractivity contribution >= 4 is 12.2 Å². The molecule has 2 N–H and O–H groups in total. The van der Waals surface area contributed by atoms with Gasteiger partial charge in [0.1, 0.15) is 6.29 Å². The van der Waals surface area contributed by atoms with E-state index in [4.69, 9.17) is 5.73 Å². The minimum absolute atomic E-state index is 0.00292. The number of carbonyl (C=O) groups excluding carboxylic acids is 2. The molecule has 0 aliphatic carbocycles. The topological polar surface area (TPSA) is 63.4 Å². The van der Waals surface area contributed by atoms with E-state index >= 15 is 0 Å². The van der Waals surface area contributed by atoms with Crippen molar-refractivity contribution in [2.24, 2.45) is 11.7 Å². The molecule has 1 aliphatic heterocycles. The zero-order valence-corrected chi connectivity index (χ0v) is 7.19. The first-order chi connectivity index (χ1) is 5.70. The molecule has 1 saturated heterocycles. The summed E-state index contributed by atoms with van der Waals surface area (Å²) < 4.78 is 0. The average molecular weight is 170 g/mol. The molecule has 4 heteroatoms. The summed E-state index contributed by atoms with van der Waals surface area (Å²) in [6.45, 7) is 2.64. The molecule has 0 bridgehead atoms. The maximum Gasteiger partial charge on any atom is 0.236 e. The van der Waals surface area contributed by atoms with Gasteiger partial charge < -0.3 is 15.4 Å². The summed E-state index contributed by atoms with van der Waals surface area (Å²) >= 11 is 0.